The molecule has 0 bridgehead atoms. The van der Waals surface area contributed by atoms with E-state index in [2.05, 4.69) is 25.4 Å². The van der Waals surface area contributed by atoms with E-state index in [4.69, 9.17) is 0 Å². The highest BCUT2D eigenvalue weighted by atomic mass is 32.2. The standard InChI is InChI=1S/C8H17NO2S2/c1-8(2,12-3)6-9-7-4-13(10,11)5-7/h7,9H,4-6H2,1-3H3. The van der Waals surface area contributed by atoms with Crippen LogP contribution in [-0.4, -0.2) is 43.5 Å². The molecule has 0 saturated carbocycles. The molecule has 1 rings (SSSR count). The first-order chi connectivity index (χ1) is 5.85. The molecule has 5 heteroatoms. The molecule has 0 unspecified atom stereocenters. The number of thioether (sulfide) groups is 1. The van der Waals surface area contributed by atoms with Crippen molar-refractivity contribution >= 4 is 21.6 Å². The average molecular weight is 223 g/mol. The fourth-order valence-corrected chi connectivity index (χ4v) is 2.74. The van der Waals surface area contributed by atoms with Gasteiger partial charge in [0, 0.05) is 17.3 Å². The van der Waals surface area contributed by atoms with Crippen molar-refractivity contribution in [2.45, 2.75) is 24.6 Å². The number of rotatable bonds is 4. The summed E-state index contributed by atoms with van der Waals surface area (Å²) < 4.78 is 21.9. The van der Waals surface area contributed by atoms with Crippen LogP contribution in [0.2, 0.25) is 0 Å². The van der Waals surface area contributed by atoms with Gasteiger partial charge in [0.15, 0.2) is 9.84 Å². The predicted octanol–water partition coefficient (Wildman–Crippen LogP) is 0.515. The summed E-state index contributed by atoms with van der Waals surface area (Å²) in [4.78, 5) is 0. The summed E-state index contributed by atoms with van der Waals surface area (Å²) in [6, 6.07) is 0.191. The smallest absolute Gasteiger partial charge is 0.153 e. The average Bonchev–Trinajstić information content (AvgIpc) is 1.97. The van der Waals surface area contributed by atoms with Crippen LogP contribution in [0.15, 0.2) is 0 Å². The molecular formula is C8H17NO2S2. The van der Waals surface area contributed by atoms with Crippen LogP contribution in [0.4, 0.5) is 0 Å². The highest BCUT2D eigenvalue weighted by Crippen LogP contribution is 2.20. The molecular weight excluding hydrogens is 206 g/mol. The first-order valence-electron chi connectivity index (χ1n) is 4.34. The summed E-state index contributed by atoms with van der Waals surface area (Å²) in [5.74, 6) is 0.634. The molecule has 1 aliphatic heterocycles. The molecule has 0 radical (unpaired) electrons. The van der Waals surface area contributed by atoms with E-state index in [0.29, 0.717) is 11.5 Å². The Labute approximate surface area is 84.6 Å². The molecule has 0 amide bonds. The van der Waals surface area contributed by atoms with Crippen molar-refractivity contribution < 1.29 is 8.42 Å². The predicted molar refractivity (Wildman–Crippen MR) is 58.0 cm³/mol. The maximum absolute atomic E-state index is 10.8. The normalized spacial score (nSPS) is 22.7. The molecule has 1 N–H and O–H groups in total. The molecule has 13 heavy (non-hydrogen) atoms. The zero-order chi connectivity index (χ0) is 10.1. The minimum atomic E-state index is -2.67. The van der Waals surface area contributed by atoms with E-state index in [1.54, 1.807) is 11.8 Å². The third-order valence-electron chi connectivity index (χ3n) is 2.28. The van der Waals surface area contributed by atoms with E-state index >= 15 is 0 Å². The van der Waals surface area contributed by atoms with Crippen molar-refractivity contribution in [3.05, 3.63) is 0 Å². The first kappa shape index (κ1) is 11.3. The van der Waals surface area contributed by atoms with E-state index in [9.17, 15) is 8.42 Å². The van der Waals surface area contributed by atoms with Crippen LogP contribution in [0.5, 0.6) is 0 Å². The van der Waals surface area contributed by atoms with Crippen molar-refractivity contribution in [1.82, 2.24) is 5.32 Å². The minimum Gasteiger partial charge on any atom is -0.311 e. The van der Waals surface area contributed by atoms with E-state index in [1.165, 1.54) is 0 Å². The number of nitrogens with one attached hydrogen (secondary N) is 1. The minimum absolute atomic E-state index is 0.191. The molecule has 1 heterocycles. The van der Waals surface area contributed by atoms with Crippen LogP contribution >= 0.6 is 11.8 Å². The Morgan fingerprint density at radius 1 is 1.46 bits per heavy atom. The third kappa shape index (κ3) is 3.48. The quantitative estimate of drug-likeness (QED) is 0.754. The summed E-state index contributed by atoms with van der Waals surface area (Å²) in [6.45, 7) is 5.17. The number of hydrogen-bond donors (Lipinski definition) is 1. The van der Waals surface area contributed by atoms with Gasteiger partial charge in [-0.2, -0.15) is 11.8 Å². The lowest BCUT2D eigenvalue weighted by Crippen LogP contribution is -2.53. The van der Waals surface area contributed by atoms with Crippen LogP contribution < -0.4 is 5.32 Å². The second kappa shape index (κ2) is 3.79. The molecule has 1 aliphatic rings. The van der Waals surface area contributed by atoms with Gasteiger partial charge >= 0.3 is 0 Å². The van der Waals surface area contributed by atoms with Gasteiger partial charge in [-0.3, -0.25) is 0 Å². The lowest BCUT2D eigenvalue weighted by atomic mass is 10.2. The van der Waals surface area contributed by atoms with Gasteiger partial charge in [-0.25, -0.2) is 8.42 Å². The third-order valence-corrected chi connectivity index (χ3v) is 5.35. The molecule has 78 valence electrons. The monoisotopic (exact) mass is 223 g/mol. The van der Waals surface area contributed by atoms with E-state index in [-0.39, 0.29) is 10.8 Å². The van der Waals surface area contributed by atoms with E-state index < -0.39 is 9.84 Å². The van der Waals surface area contributed by atoms with Crippen molar-refractivity contribution in [1.29, 1.82) is 0 Å². The molecule has 1 saturated heterocycles. The summed E-state index contributed by atoms with van der Waals surface area (Å²) in [5.41, 5.74) is 0. The highest BCUT2D eigenvalue weighted by Gasteiger charge is 2.33. The summed E-state index contributed by atoms with van der Waals surface area (Å²) >= 11 is 1.79. The van der Waals surface area contributed by atoms with Crippen molar-refractivity contribution in [3.63, 3.8) is 0 Å². The lowest BCUT2D eigenvalue weighted by molar-refractivity contribution is 0.489. The Hall–Kier alpha value is 0.260. The molecule has 0 aromatic rings. The number of hydrogen-bond acceptors (Lipinski definition) is 4. The second-order valence-corrected chi connectivity index (χ2v) is 7.79. The van der Waals surface area contributed by atoms with Gasteiger partial charge < -0.3 is 5.32 Å². The second-order valence-electron chi connectivity index (χ2n) is 4.12. The van der Waals surface area contributed by atoms with Crippen LogP contribution in [0.1, 0.15) is 13.8 Å². The van der Waals surface area contributed by atoms with Gasteiger partial charge in [0.05, 0.1) is 11.5 Å². The molecule has 1 fully saturated rings. The van der Waals surface area contributed by atoms with Gasteiger partial charge in [0.25, 0.3) is 0 Å². The Morgan fingerprint density at radius 3 is 2.38 bits per heavy atom. The Bertz CT molecular complexity index is 260. The molecule has 3 nitrogen and oxygen atoms in total. The Morgan fingerprint density at radius 2 is 2.00 bits per heavy atom. The topological polar surface area (TPSA) is 46.2 Å². The molecule has 0 spiro atoms. The Balaban J connectivity index is 2.23. The van der Waals surface area contributed by atoms with Gasteiger partial charge in [-0.15, -0.1) is 0 Å². The van der Waals surface area contributed by atoms with E-state index in [1.807, 2.05) is 0 Å². The highest BCUT2D eigenvalue weighted by molar-refractivity contribution is 7.99. The fourth-order valence-electron chi connectivity index (χ4n) is 1.14. The first-order valence-corrected chi connectivity index (χ1v) is 7.38. The molecule has 0 atom stereocenters. The Kier molecular flexibility index (Phi) is 3.30. The molecule has 0 aliphatic carbocycles. The van der Waals surface area contributed by atoms with Gasteiger partial charge in [0.1, 0.15) is 0 Å². The SMILES string of the molecule is CSC(C)(C)CNC1CS(=O)(=O)C1. The summed E-state index contributed by atoms with van der Waals surface area (Å²) in [7, 11) is -2.67. The molecule has 0 aromatic heterocycles. The molecule has 0 aromatic carbocycles. The maximum Gasteiger partial charge on any atom is 0.153 e. The number of sulfone groups is 1. The zero-order valence-corrected chi connectivity index (χ0v) is 9.96. The lowest BCUT2D eigenvalue weighted by Gasteiger charge is -2.31. The van der Waals surface area contributed by atoms with Gasteiger partial charge in [-0.05, 0) is 20.1 Å². The van der Waals surface area contributed by atoms with Crippen LogP contribution in [0.25, 0.3) is 0 Å². The van der Waals surface area contributed by atoms with Crippen molar-refractivity contribution in [2.75, 3.05) is 24.3 Å². The fraction of sp³-hybridized carbons (Fsp3) is 1.00. The van der Waals surface area contributed by atoms with Crippen LogP contribution in [0, 0.1) is 0 Å². The maximum atomic E-state index is 10.8. The van der Waals surface area contributed by atoms with Gasteiger partial charge in [0.2, 0.25) is 0 Å². The zero-order valence-electron chi connectivity index (χ0n) is 8.33. The van der Waals surface area contributed by atoms with Crippen LogP contribution in [-0.2, 0) is 9.84 Å². The van der Waals surface area contributed by atoms with Gasteiger partial charge in [-0.1, -0.05) is 0 Å². The van der Waals surface area contributed by atoms with Crippen molar-refractivity contribution in [3.8, 4) is 0 Å². The summed E-state index contributed by atoms with van der Waals surface area (Å²) in [5, 5.41) is 3.27. The summed E-state index contributed by atoms with van der Waals surface area (Å²) in [6.07, 6.45) is 2.07. The van der Waals surface area contributed by atoms with Crippen LogP contribution in [0.3, 0.4) is 0 Å². The van der Waals surface area contributed by atoms with Crippen molar-refractivity contribution in [2.24, 2.45) is 0 Å². The van der Waals surface area contributed by atoms with E-state index in [0.717, 1.165) is 6.54 Å². The largest absolute Gasteiger partial charge is 0.311 e.